The van der Waals surface area contributed by atoms with Gasteiger partial charge in [-0.15, -0.1) is 0 Å². The van der Waals surface area contributed by atoms with Gasteiger partial charge < -0.3 is 15.2 Å². The molecule has 4 heteroatoms. The van der Waals surface area contributed by atoms with Crippen molar-refractivity contribution in [2.45, 2.75) is 25.8 Å². The van der Waals surface area contributed by atoms with Crippen LogP contribution in [0.25, 0.3) is 0 Å². The van der Waals surface area contributed by atoms with Crippen molar-refractivity contribution in [1.82, 2.24) is 0 Å². The molecule has 0 radical (unpaired) electrons. The molecule has 1 aromatic rings. The van der Waals surface area contributed by atoms with E-state index in [2.05, 4.69) is 4.74 Å². The molecule has 0 aromatic heterocycles. The quantitative estimate of drug-likeness (QED) is 0.793. The van der Waals surface area contributed by atoms with E-state index in [9.17, 15) is 4.79 Å². The molecule has 0 saturated carbocycles. The Balaban J connectivity index is 2.83. The molecule has 2 N–H and O–H groups in total. The molecule has 1 atom stereocenters. The lowest BCUT2D eigenvalue weighted by Gasteiger charge is -2.22. The number of esters is 1. The maximum atomic E-state index is 11.5. The molecule has 0 aliphatic heterocycles. The summed E-state index contributed by atoms with van der Waals surface area (Å²) in [5, 5.41) is 0. The van der Waals surface area contributed by atoms with Crippen molar-refractivity contribution in [3.8, 4) is 5.75 Å². The van der Waals surface area contributed by atoms with E-state index in [1.807, 2.05) is 6.92 Å². The Labute approximate surface area is 102 Å². The van der Waals surface area contributed by atoms with E-state index in [1.54, 1.807) is 31.2 Å². The van der Waals surface area contributed by atoms with E-state index in [4.69, 9.17) is 10.5 Å². The van der Waals surface area contributed by atoms with Crippen LogP contribution in [0.5, 0.6) is 5.75 Å². The standard InChI is InChI=1S/C13H19NO3/c1-4-9-17-11-7-5-10(6-8-11)13(2,14)12(15)16-3/h5-8H,4,9,14H2,1-3H3. The van der Waals surface area contributed by atoms with Crippen molar-refractivity contribution >= 4 is 5.97 Å². The molecule has 1 unspecified atom stereocenters. The molecule has 0 aliphatic carbocycles. The molecule has 4 nitrogen and oxygen atoms in total. The summed E-state index contributed by atoms with van der Waals surface area (Å²) in [5.74, 6) is 0.316. The van der Waals surface area contributed by atoms with Crippen LogP contribution in [-0.2, 0) is 15.1 Å². The van der Waals surface area contributed by atoms with Gasteiger partial charge in [0.05, 0.1) is 13.7 Å². The maximum Gasteiger partial charge on any atom is 0.330 e. The predicted molar refractivity (Wildman–Crippen MR) is 65.8 cm³/mol. The molecule has 1 aromatic carbocycles. The number of ether oxygens (including phenoxy) is 2. The molecule has 1 rings (SSSR count). The minimum absolute atomic E-state index is 0.459. The van der Waals surface area contributed by atoms with Crippen LogP contribution in [-0.4, -0.2) is 19.7 Å². The van der Waals surface area contributed by atoms with Crippen molar-refractivity contribution in [1.29, 1.82) is 0 Å². The van der Waals surface area contributed by atoms with Crippen LogP contribution in [0.3, 0.4) is 0 Å². The Morgan fingerprint density at radius 2 is 1.94 bits per heavy atom. The highest BCUT2D eigenvalue weighted by atomic mass is 16.5. The fourth-order valence-corrected chi connectivity index (χ4v) is 1.45. The van der Waals surface area contributed by atoms with Gasteiger partial charge in [0, 0.05) is 0 Å². The number of benzene rings is 1. The third-order valence-electron chi connectivity index (χ3n) is 2.54. The smallest absolute Gasteiger partial charge is 0.330 e. The minimum Gasteiger partial charge on any atom is -0.494 e. The largest absolute Gasteiger partial charge is 0.494 e. The molecule has 94 valence electrons. The van der Waals surface area contributed by atoms with Gasteiger partial charge in [-0.1, -0.05) is 19.1 Å². The minimum atomic E-state index is -1.13. The number of carbonyl (C=O) groups excluding carboxylic acids is 1. The third kappa shape index (κ3) is 3.20. The zero-order chi connectivity index (χ0) is 12.9. The van der Waals surface area contributed by atoms with Gasteiger partial charge in [-0.25, -0.2) is 4.79 Å². The molecule has 0 bridgehead atoms. The zero-order valence-electron chi connectivity index (χ0n) is 10.5. The van der Waals surface area contributed by atoms with Crippen molar-refractivity contribution in [2.75, 3.05) is 13.7 Å². The Morgan fingerprint density at radius 3 is 2.41 bits per heavy atom. The van der Waals surface area contributed by atoms with Crippen molar-refractivity contribution in [2.24, 2.45) is 5.73 Å². The van der Waals surface area contributed by atoms with Crippen LogP contribution < -0.4 is 10.5 Å². The monoisotopic (exact) mass is 237 g/mol. The van der Waals surface area contributed by atoms with E-state index in [1.165, 1.54) is 7.11 Å². The number of hydrogen-bond donors (Lipinski definition) is 1. The fourth-order valence-electron chi connectivity index (χ4n) is 1.45. The second-order valence-corrected chi connectivity index (χ2v) is 4.07. The lowest BCUT2D eigenvalue weighted by atomic mass is 9.93. The molecular formula is C13H19NO3. The highest BCUT2D eigenvalue weighted by Crippen LogP contribution is 2.22. The summed E-state index contributed by atoms with van der Waals surface area (Å²) in [7, 11) is 1.33. The van der Waals surface area contributed by atoms with Crippen molar-refractivity contribution in [3.05, 3.63) is 29.8 Å². The highest BCUT2D eigenvalue weighted by molar-refractivity contribution is 5.81. The maximum absolute atomic E-state index is 11.5. The van der Waals surface area contributed by atoms with Crippen LogP contribution in [0.4, 0.5) is 0 Å². The summed E-state index contributed by atoms with van der Waals surface area (Å²) < 4.78 is 10.1. The molecule has 0 fully saturated rings. The van der Waals surface area contributed by atoms with E-state index in [-0.39, 0.29) is 0 Å². The van der Waals surface area contributed by atoms with E-state index < -0.39 is 11.5 Å². The van der Waals surface area contributed by atoms with Crippen LogP contribution in [0.15, 0.2) is 24.3 Å². The Bertz CT molecular complexity index is 371. The van der Waals surface area contributed by atoms with E-state index in [0.29, 0.717) is 12.2 Å². The van der Waals surface area contributed by atoms with E-state index >= 15 is 0 Å². The van der Waals surface area contributed by atoms with Crippen molar-refractivity contribution < 1.29 is 14.3 Å². The third-order valence-corrected chi connectivity index (χ3v) is 2.54. The molecule has 0 spiro atoms. The summed E-state index contributed by atoms with van der Waals surface area (Å²) in [6.07, 6.45) is 0.957. The summed E-state index contributed by atoms with van der Waals surface area (Å²) in [4.78, 5) is 11.5. The van der Waals surface area contributed by atoms with Gasteiger partial charge in [-0.2, -0.15) is 0 Å². The van der Waals surface area contributed by atoms with Gasteiger partial charge in [-0.05, 0) is 31.0 Å². The van der Waals surface area contributed by atoms with Gasteiger partial charge in [0.2, 0.25) is 0 Å². The van der Waals surface area contributed by atoms with Crippen LogP contribution in [0.1, 0.15) is 25.8 Å². The first-order valence-electron chi connectivity index (χ1n) is 5.63. The van der Waals surface area contributed by atoms with Crippen molar-refractivity contribution in [3.63, 3.8) is 0 Å². The van der Waals surface area contributed by atoms with Gasteiger partial charge >= 0.3 is 5.97 Å². The lowest BCUT2D eigenvalue weighted by molar-refractivity contribution is -0.146. The number of hydrogen-bond acceptors (Lipinski definition) is 4. The number of nitrogens with two attached hydrogens (primary N) is 1. The fraction of sp³-hybridized carbons (Fsp3) is 0.462. The summed E-state index contributed by atoms with van der Waals surface area (Å²) in [5.41, 5.74) is 5.50. The molecule has 0 amide bonds. The first-order chi connectivity index (χ1) is 8.02. The molecule has 0 heterocycles. The lowest BCUT2D eigenvalue weighted by Crippen LogP contribution is -2.42. The highest BCUT2D eigenvalue weighted by Gasteiger charge is 2.31. The Hall–Kier alpha value is -1.55. The van der Waals surface area contributed by atoms with E-state index in [0.717, 1.165) is 12.2 Å². The van der Waals surface area contributed by atoms with Gasteiger partial charge in [-0.3, -0.25) is 0 Å². The normalized spacial score (nSPS) is 13.9. The van der Waals surface area contributed by atoms with Gasteiger partial charge in [0.1, 0.15) is 11.3 Å². The molecule has 17 heavy (non-hydrogen) atoms. The molecular weight excluding hydrogens is 218 g/mol. The Morgan fingerprint density at radius 1 is 1.35 bits per heavy atom. The number of carbonyl (C=O) groups is 1. The predicted octanol–water partition coefficient (Wildman–Crippen LogP) is 1.82. The van der Waals surface area contributed by atoms with Crippen LogP contribution >= 0.6 is 0 Å². The Kier molecular flexibility index (Phi) is 4.52. The van der Waals surface area contributed by atoms with Crippen LogP contribution in [0.2, 0.25) is 0 Å². The topological polar surface area (TPSA) is 61.5 Å². The SMILES string of the molecule is CCCOc1ccc(C(C)(N)C(=O)OC)cc1. The number of methoxy groups -OCH3 is 1. The average molecular weight is 237 g/mol. The van der Waals surface area contributed by atoms with Crippen LogP contribution in [0, 0.1) is 0 Å². The van der Waals surface area contributed by atoms with Gasteiger partial charge in [0.15, 0.2) is 0 Å². The molecule has 0 saturated heterocycles. The molecule has 0 aliphatic rings. The zero-order valence-corrected chi connectivity index (χ0v) is 10.5. The second-order valence-electron chi connectivity index (χ2n) is 4.07. The average Bonchev–Trinajstić information content (AvgIpc) is 2.35. The first kappa shape index (κ1) is 13.5. The summed E-state index contributed by atoms with van der Waals surface area (Å²) in [6.45, 7) is 4.35. The summed E-state index contributed by atoms with van der Waals surface area (Å²) in [6, 6.07) is 7.17. The summed E-state index contributed by atoms with van der Waals surface area (Å²) >= 11 is 0. The second kappa shape index (κ2) is 5.68. The number of rotatable bonds is 5. The first-order valence-corrected chi connectivity index (χ1v) is 5.63. The van der Waals surface area contributed by atoms with Gasteiger partial charge in [0.25, 0.3) is 0 Å².